The number of carboxylic acids is 1. The van der Waals surface area contributed by atoms with Crippen LogP contribution >= 0.6 is 12.6 Å². The van der Waals surface area contributed by atoms with E-state index in [4.69, 9.17) is 33.8 Å². The molecule has 192 valence electrons. The second-order valence-corrected chi connectivity index (χ2v) is 7.47. The highest BCUT2D eigenvalue weighted by Gasteiger charge is 2.31. The van der Waals surface area contributed by atoms with Crippen LogP contribution in [0.3, 0.4) is 0 Å². The fourth-order valence-corrected chi connectivity index (χ4v) is 2.74. The lowest BCUT2D eigenvalue weighted by Crippen LogP contribution is -2.58. The minimum absolute atomic E-state index is 0.108. The number of guanidine groups is 1. The summed E-state index contributed by atoms with van der Waals surface area (Å²) in [7, 11) is 0. The first kappa shape index (κ1) is 30.4. The molecule has 0 aliphatic carbocycles. The van der Waals surface area contributed by atoms with Gasteiger partial charge >= 0.3 is 5.97 Å². The Morgan fingerprint density at radius 2 is 1.26 bits per heavy atom. The fraction of sp³-hybridized carbons (Fsp3) is 0.588. The van der Waals surface area contributed by atoms with Crippen molar-refractivity contribution in [1.82, 2.24) is 16.0 Å². The van der Waals surface area contributed by atoms with E-state index < -0.39 is 72.5 Å². The predicted molar refractivity (Wildman–Crippen MR) is 123 cm³/mol. The number of amides is 5. The minimum atomic E-state index is -1.70. The van der Waals surface area contributed by atoms with Crippen molar-refractivity contribution >= 4 is 54.1 Å². The molecule has 0 heterocycles. The topological polar surface area (TPSA) is 301 Å². The van der Waals surface area contributed by atoms with E-state index in [1.54, 1.807) is 0 Å². The number of hydrogen-bond donors (Lipinski definition) is 10. The maximum absolute atomic E-state index is 12.6. The highest BCUT2D eigenvalue weighted by molar-refractivity contribution is 7.80. The van der Waals surface area contributed by atoms with Gasteiger partial charge in [-0.1, -0.05) is 0 Å². The number of carboxylic acid groups (broad SMARTS) is 1. The number of nitrogens with one attached hydrogen (secondary N) is 3. The molecule has 0 aromatic heterocycles. The number of thiol groups is 1. The molecule has 17 heteroatoms. The van der Waals surface area contributed by atoms with E-state index in [0.717, 1.165) is 0 Å². The van der Waals surface area contributed by atoms with Gasteiger partial charge in [0.05, 0.1) is 18.9 Å². The van der Waals surface area contributed by atoms with Crippen LogP contribution in [0.4, 0.5) is 0 Å². The molecule has 0 aliphatic rings. The fourth-order valence-electron chi connectivity index (χ4n) is 2.48. The number of carbonyl (C=O) groups excluding carboxylic acids is 5. The van der Waals surface area contributed by atoms with Gasteiger partial charge in [0.15, 0.2) is 5.96 Å². The summed E-state index contributed by atoms with van der Waals surface area (Å²) >= 11 is 3.99. The zero-order valence-corrected chi connectivity index (χ0v) is 19.1. The lowest BCUT2D eigenvalue weighted by Gasteiger charge is -2.23. The van der Waals surface area contributed by atoms with Crippen LogP contribution in [0.15, 0.2) is 4.99 Å². The molecule has 14 N–H and O–H groups in total. The van der Waals surface area contributed by atoms with Gasteiger partial charge in [0.1, 0.15) is 18.1 Å². The van der Waals surface area contributed by atoms with Crippen LogP contribution in [0, 0.1) is 0 Å². The molecule has 0 bridgehead atoms. The van der Waals surface area contributed by atoms with Crippen LogP contribution in [0.5, 0.6) is 0 Å². The van der Waals surface area contributed by atoms with Crippen molar-refractivity contribution in [1.29, 1.82) is 0 Å². The Kier molecular flexibility index (Phi) is 13.7. The van der Waals surface area contributed by atoms with Crippen LogP contribution in [-0.2, 0) is 28.8 Å². The van der Waals surface area contributed by atoms with Gasteiger partial charge in [-0.25, -0.2) is 4.79 Å². The number of carbonyl (C=O) groups is 6. The van der Waals surface area contributed by atoms with Gasteiger partial charge in [0.25, 0.3) is 0 Å². The average Bonchev–Trinajstić information content (AvgIpc) is 2.72. The van der Waals surface area contributed by atoms with Gasteiger partial charge in [-0.3, -0.25) is 29.0 Å². The third-order valence-corrected chi connectivity index (χ3v) is 4.54. The Balaban J connectivity index is 5.18. The Labute approximate surface area is 200 Å². The first-order valence-electron chi connectivity index (χ1n) is 9.90. The molecular formula is C17H31N9O7S. The van der Waals surface area contributed by atoms with Crippen molar-refractivity contribution < 1.29 is 33.9 Å². The van der Waals surface area contributed by atoms with Crippen molar-refractivity contribution in [3.8, 4) is 0 Å². The van der Waals surface area contributed by atoms with E-state index in [1.807, 2.05) is 5.32 Å². The van der Waals surface area contributed by atoms with Gasteiger partial charge in [-0.05, 0) is 12.8 Å². The first-order chi connectivity index (χ1) is 15.8. The van der Waals surface area contributed by atoms with Crippen molar-refractivity contribution in [3.05, 3.63) is 0 Å². The van der Waals surface area contributed by atoms with Crippen molar-refractivity contribution in [2.45, 2.75) is 49.9 Å². The molecule has 16 nitrogen and oxygen atoms in total. The third kappa shape index (κ3) is 12.4. The summed E-state index contributed by atoms with van der Waals surface area (Å²) in [5.41, 5.74) is 26.2. The number of hydrogen-bond acceptors (Lipinski definition) is 9. The molecule has 0 aromatic rings. The zero-order chi connectivity index (χ0) is 26.4. The summed E-state index contributed by atoms with van der Waals surface area (Å²) < 4.78 is 0. The van der Waals surface area contributed by atoms with E-state index in [9.17, 15) is 28.8 Å². The molecule has 0 saturated heterocycles. The average molecular weight is 506 g/mol. The van der Waals surface area contributed by atoms with Gasteiger partial charge in [0, 0.05) is 12.3 Å². The Hall–Kier alpha value is -3.60. The second-order valence-electron chi connectivity index (χ2n) is 7.10. The van der Waals surface area contributed by atoms with Gasteiger partial charge in [0.2, 0.25) is 29.5 Å². The number of rotatable bonds is 16. The number of aliphatic imine (C=N–C) groups is 1. The maximum Gasteiger partial charge on any atom is 0.326 e. The minimum Gasteiger partial charge on any atom is -0.480 e. The molecule has 34 heavy (non-hydrogen) atoms. The van der Waals surface area contributed by atoms with Gasteiger partial charge in [-0.2, -0.15) is 12.6 Å². The number of nitrogens with two attached hydrogens (primary N) is 5. The molecule has 0 fully saturated rings. The maximum atomic E-state index is 12.6. The molecule has 4 atom stereocenters. The van der Waals surface area contributed by atoms with Crippen molar-refractivity contribution in [2.24, 2.45) is 33.7 Å². The summed E-state index contributed by atoms with van der Waals surface area (Å²) in [5, 5.41) is 15.7. The molecule has 5 amide bonds. The van der Waals surface area contributed by atoms with Crippen LogP contribution in [0.25, 0.3) is 0 Å². The molecule has 4 unspecified atom stereocenters. The monoisotopic (exact) mass is 505 g/mol. The Morgan fingerprint density at radius 1 is 0.794 bits per heavy atom. The number of aliphatic carboxylic acids is 1. The molecule has 0 aliphatic heterocycles. The SMILES string of the molecule is NC(=O)CC(NC(=O)C(CC(N)=O)NC(=O)C(CS)NC(=O)C(N)CCCN=C(N)N)C(=O)O. The van der Waals surface area contributed by atoms with Gasteiger partial charge < -0.3 is 49.7 Å². The van der Waals surface area contributed by atoms with Crippen LogP contribution in [0.2, 0.25) is 0 Å². The number of primary amides is 2. The van der Waals surface area contributed by atoms with Crippen LogP contribution in [0.1, 0.15) is 25.7 Å². The van der Waals surface area contributed by atoms with Crippen LogP contribution < -0.4 is 44.6 Å². The quantitative estimate of drug-likeness (QED) is 0.0410. The van der Waals surface area contributed by atoms with Crippen molar-refractivity contribution in [2.75, 3.05) is 12.3 Å². The van der Waals surface area contributed by atoms with E-state index in [1.165, 1.54) is 0 Å². The molecule has 0 rings (SSSR count). The van der Waals surface area contributed by atoms with Gasteiger partial charge in [-0.15, -0.1) is 0 Å². The van der Waals surface area contributed by atoms with Crippen molar-refractivity contribution in [3.63, 3.8) is 0 Å². The highest BCUT2D eigenvalue weighted by Crippen LogP contribution is 2.01. The normalized spacial score (nSPS) is 13.9. The smallest absolute Gasteiger partial charge is 0.326 e. The number of nitrogens with zero attached hydrogens (tertiary/aromatic N) is 1. The van der Waals surface area contributed by atoms with E-state index in [-0.39, 0.29) is 24.7 Å². The molecule has 0 aromatic carbocycles. The van der Waals surface area contributed by atoms with Crippen LogP contribution in [-0.4, -0.2) is 83.0 Å². The summed E-state index contributed by atoms with van der Waals surface area (Å²) in [6.07, 6.45) is -0.833. The predicted octanol–water partition coefficient (Wildman–Crippen LogP) is -5.41. The molecule has 0 radical (unpaired) electrons. The lowest BCUT2D eigenvalue weighted by atomic mass is 10.1. The molecular weight excluding hydrogens is 474 g/mol. The van der Waals surface area contributed by atoms with E-state index in [2.05, 4.69) is 28.3 Å². The summed E-state index contributed by atoms with van der Waals surface area (Å²) in [4.78, 5) is 74.6. The summed E-state index contributed by atoms with van der Waals surface area (Å²) in [6, 6.07) is -5.57. The largest absolute Gasteiger partial charge is 0.480 e. The molecule has 0 spiro atoms. The Bertz CT molecular complexity index is 804. The highest BCUT2D eigenvalue weighted by atomic mass is 32.1. The first-order valence-corrected chi connectivity index (χ1v) is 10.5. The summed E-state index contributed by atoms with van der Waals surface area (Å²) in [5.74, 6) is -6.59. The summed E-state index contributed by atoms with van der Waals surface area (Å²) in [6.45, 7) is 0.247. The van der Waals surface area contributed by atoms with E-state index in [0.29, 0.717) is 6.42 Å². The zero-order valence-electron chi connectivity index (χ0n) is 18.2. The lowest BCUT2D eigenvalue weighted by molar-refractivity contribution is -0.144. The van der Waals surface area contributed by atoms with E-state index >= 15 is 0 Å². The second kappa shape index (κ2) is 15.3. The third-order valence-electron chi connectivity index (χ3n) is 4.18. The standard InChI is InChI=1S/C17H31N9O7S/c18-7(2-1-3-23-17(21)22)13(29)26-10(6-34)15(31)24-8(4-11(19)27)14(30)25-9(16(32)33)5-12(20)28/h7-10,34H,1-6,18H2,(H2,19,27)(H2,20,28)(H,24,31)(H,25,30)(H,26,29)(H,32,33)(H4,21,22,23). The molecule has 0 saturated carbocycles. The Morgan fingerprint density at radius 3 is 1.74 bits per heavy atom.